The molecule has 0 saturated carbocycles. The fourth-order valence-corrected chi connectivity index (χ4v) is 2.89. The fraction of sp³-hybridized carbons (Fsp3) is 0.429. The smallest absolute Gasteiger partial charge is 0.232 e. The highest BCUT2D eigenvalue weighted by atomic mass is 32.2. The van der Waals surface area contributed by atoms with E-state index in [1.165, 1.54) is 0 Å². The highest BCUT2D eigenvalue weighted by molar-refractivity contribution is 7.92. The number of aryl methyl sites for hydroxylation is 1. The molecule has 0 spiro atoms. The maximum Gasteiger partial charge on any atom is 0.232 e. The van der Waals surface area contributed by atoms with Gasteiger partial charge in [0.15, 0.2) is 0 Å². The van der Waals surface area contributed by atoms with Crippen LogP contribution in [0.5, 0.6) is 0 Å². The van der Waals surface area contributed by atoms with Crippen LogP contribution >= 0.6 is 0 Å². The van der Waals surface area contributed by atoms with Crippen molar-refractivity contribution < 1.29 is 13.5 Å². The molecule has 0 aliphatic rings. The van der Waals surface area contributed by atoms with Crippen LogP contribution in [0.15, 0.2) is 18.2 Å². The second kappa shape index (κ2) is 7.17. The Balaban J connectivity index is 2.86. The van der Waals surface area contributed by atoms with Crippen LogP contribution in [0, 0.1) is 18.8 Å². The van der Waals surface area contributed by atoms with Crippen molar-refractivity contribution in [1.29, 1.82) is 0 Å². The molecule has 0 heterocycles. The molecule has 0 radical (unpaired) electrons. The van der Waals surface area contributed by atoms with E-state index in [9.17, 15) is 8.42 Å². The predicted molar refractivity (Wildman–Crippen MR) is 77.5 cm³/mol. The quantitative estimate of drug-likeness (QED) is 0.810. The lowest BCUT2D eigenvalue weighted by atomic mass is 10.1. The van der Waals surface area contributed by atoms with Gasteiger partial charge in [-0.15, -0.1) is 0 Å². The standard InChI is InChI=1S/C14H19NO3S/c1-3-4-10-19(17,18)15-14-8-7-13(6-5-9-16)11-12(14)2/h7-8,11,15-16H,3-4,9-10H2,1-2H3. The summed E-state index contributed by atoms with van der Waals surface area (Å²) >= 11 is 0. The number of nitrogens with one attached hydrogen (secondary N) is 1. The summed E-state index contributed by atoms with van der Waals surface area (Å²) in [6, 6.07) is 5.22. The highest BCUT2D eigenvalue weighted by Crippen LogP contribution is 2.18. The van der Waals surface area contributed by atoms with Crippen molar-refractivity contribution in [3.8, 4) is 11.8 Å². The van der Waals surface area contributed by atoms with Gasteiger partial charge in [0.05, 0.1) is 11.4 Å². The molecule has 0 bridgehead atoms. The summed E-state index contributed by atoms with van der Waals surface area (Å²) in [6.07, 6.45) is 1.49. The Morgan fingerprint density at radius 2 is 2.11 bits per heavy atom. The van der Waals surface area contributed by atoms with E-state index < -0.39 is 10.0 Å². The van der Waals surface area contributed by atoms with Crippen LogP contribution in [0.4, 0.5) is 5.69 Å². The van der Waals surface area contributed by atoms with Gasteiger partial charge in [-0.1, -0.05) is 25.2 Å². The van der Waals surface area contributed by atoms with Crippen LogP contribution in [-0.4, -0.2) is 25.9 Å². The van der Waals surface area contributed by atoms with Crippen LogP contribution in [0.3, 0.4) is 0 Å². The van der Waals surface area contributed by atoms with Crippen molar-refractivity contribution in [3.05, 3.63) is 29.3 Å². The third-order valence-corrected chi connectivity index (χ3v) is 3.93. The minimum Gasteiger partial charge on any atom is -0.384 e. The van der Waals surface area contributed by atoms with Crippen molar-refractivity contribution in [3.63, 3.8) is 0 Å². The first-order valence-electron chi connectivity index (χ1n) is 6.19. The monoisotopic (exact) mass is 281 g/mol. The Morgan fingerprint density at radius 3 is 2.68 bits per heavy atom. The Hall–Kier alpha value is -1.51. The molecule has 1 aromatic carbocycles. The zero-order chi connectivity index (χ0) is 14.3. The number of anilines is 1. The van der Waals surface area contributed by atoms with E-state index >= 15 is 0 Å². The first-order valence-corrected chi connectivity index (χ1v) is 7.84. The van der Waals surface area contributed by atoms with Crippen molar-refractivity contribution in [2.75, 3.05) is 17.1 Å². The fourth-order valence-electron chi connectivity index (χ4n) is 1.55. The van der Waals surface area contributed by atoms with Crippen LogP contribution in [0.25, 0.3) is 0 Å². The maximum atomic E-state index is 11.8. The van der Waals surface area contributed by atoms with Gasteiger partial charge in [0.2, 0.25) is 10.0 Å². The first kappa shape index (κ1) is 15.5. The summed E-state index contributed by atoms with van der Waals surface area (Å²) in [5.41, 5.74) is 2.14. The molecule has 0 aliphatic carbocycles. The molecule has 0 atom stereocenters. The highest BCUT2D eigenvalue weighted by Gasteiger charge is 2.10. The zero-order valence-electron chi connectivity index (χ0n) is 11.2. The number of aliphatic hydroxyl groups is 1. The minimum atomic E-state index is -3.28. The molecule has 0 aromatic heterocycles. The van der Waals surface area contributed by atoms with Crippen molar-refractivity contribution >= 4 is 15.7 Å². The normalized spacial score (nSPS) is 10.7. The van der Waals surface area contributed by atoms with Gasteiger partial charge < -0.3 is 5.11 Å². The summed E-state index contributed by atoms with van der Waals surface area (Å²) in [7, 11) is -3.28. The minimum absolute atomic E-state index is 0.134. The molecule has 1 aromatic rings. The number of aliphatic hydroxyl groups excluding tert-OH is 1. The van der Waals surface area contributed by atoms with Gasteiger partial charge in [-0.05, 0) is 37.1 Å². The van der Waals surface area contributed by atoms with Gasteiger partial charge >= 0.3 is 0 Å². The first-order chi connectivity index (χ1) is 8.98. The second-order valence-electron chi connectivity index (χ2n) is 4.26. The van der Waals surface area contributed by atoms with Crippen LogP contribution in [0.1, 0.15) is 30.9 Å². The van der Waals surface area contributed by atoms with E-state index in [0.29, 0.717) is 12.1 Å². The van der Waals surface area contributed by atoms with Crippen LogP contribution in [-0.2, 0) is 10.0 Å². The molecular weight excluding hydrogens is 262 g/mol. The molecular formula is C14H19NO3S. The summed E-state index contributed by atoms with van der Waals surface area (Å²) in [4.78, 5) is 0. The van der Waals surface area contributed by atoms with Gasteiger partial charge in [0.1, 0.15) is 6.61 Å². The van der Waals surface area contributed by atoms with Gasteiger partial charge in [-0.3, -0.25) is 4.72 Å². The number of unbranched alkanes of at least 4 members (excludes halogenated alkanes) is 1. The van der Waals surface area contributed by atoms with Gasteiger partial charge in [0, 0.05) is 5.56 Å². The van der Waals surface area contributed by atoms with E-state index in [-0.39, 0.29) is 12.4 Å². The number of benzene rings is 1. The predicted octanol–water partition coefficient (Wildman–Crippen LogP) is 1.88. The van der Waals surface area contributed by atoms with Crippen molar-refractivity contribution in [2.45, 2.75) is 26.7 Å². The largest absolute Gasteiger partial charge is 0.384 e. The molecule has 19 heavy (non-hydrogen) atoms. The van der Waals surface area contributed by atoms with E-state index in [4.69, 9.17) is 5.11 Å². The average molecular weight is 281 g/mol. The van der Waals surface area contributed by atoms with Crippen molar-refractivity contribution in [1.82, 2.24) is 0 Å². The molecule has 0 aliphatic heterocycles. The lowest BCUT2D eigenvalue weighted by Gasteiger charge is -2.10. The van der Waals surface area contributed by atoms with Crippen LogP contribution in [0.2, 0.25) is 0 Å². The third-order valence-electron chi connectivity index (χ3n) is 2.57. The van der Waals surface area contributed by atoms with Gasteiger partial charge in [-0.2, -0.15) is 0 Å². The van der Waals surface area contributed by atoms with Crippen molar-refractivity contribution in [2.24, 2.45) is 0 Å². The Kier molecular flexibility index (Phi) is 5.87. The number of hydrogen-bond acceptors (Lipinski definition) is 3. The molecule has 0 fully saturated rings. The summed E-state index contributed by atoms with van der Waals surface area (Å²) < 4.78 is 26.2. The maximum absolute atomic E-state index is 11.8. The summed E-state index contributed by atoms with van der Waals surface area (Å²) in [6.45, 7) is 3.58. The van der Waals surface area contributed by atoms with E-state index in [0.717, 1.165) is 17.5 Å². The van der Waals surface area contributed by atoms with E-state index in [1.54, 1.807) is 18.2 Å². The lowest BCUT2D eigenvalue weighted by molar-refractivity contribution is 0.350. The number of hydrogen-bond donors (Lipinski definition) is 2. The molecule has 0 amide bonds. The molecule has 0 saturated heterocycles. The molecule has 5 heteroatoms. The summed E-state index contributed by atoms with van der Waals surface area (Å²) in [5.74, 6) is 5.47. The Morgan fingerprint density at radius 1 is 1.37 bits per heavy atom. The van der Waals surface area contributed by atoms with Gasteiger partial charge in [0.25, 0.3) is 0 Å². The molecule has 2 N–H and O–H groups in total. The van der Waals surface area contributed by atoms with E-state index in [1.807, 2.05) is 13.8 Å². The average Bonchev–Trinajstić information content (AvgIpc) is 2.37. The van der Waals surface area contributed by atoms with E-state index in [2.05, 4.69) is 16.6 Å². The second-order valence-corrected chi connectivity index (χ2v) is 6.11. The molecule has 1 rings (SSSR count). The Bertz CT molecular complexity index is 582. The number of sulfonamides is 1. The lowest BCUT2D eigenvalue weighted by Crippen LogP contribution is -2.17. The van der Waals surface area contributed by atoms with Gasteiger partial charge in [-0.25, -0.2) is 8.42 Å². The Labute approximate surface area is 114 Å². The topological polar surface area (TPSA) is 66.4 Å². The van der Waals surface area contributed by atoms with Crippen LogP contribution < -0.4 is 4.72 Å². The molecule has 0 unspecified atom stereocenters. The zero-order valence-corrected chi connectivity index (χ0v) is 12.0. The number of rotatable bonds is 5. The molecule has 104 valence electrons. The third kappa shape index (κ3) is 5.33. The molecule has 4 nitrogen and oxygen atoms in total. The SMILES string of the molecule is CCCCS(=O)(=O)Nc1ccc(C#CCO)cc1C. The summed E-state index contributed by atoms with van der Waals surface area (Å²) in [5, 5.41) is 8.62.